The minimum absolute atomic E-state index is 0.128. The molecule has 2 aromatic rings. The zero-order valence-corrected chi connectivity index (χ0v) is 24.1. The van der Waals surface area contributed by atoms with Gasteiger partial charge in [-0.2, -0.15) is 0 Å². The van der Waals surface area contributed by atoms with Gasteiger partial charge in [-0.1, -0.05) is 68.4 Å². The smallest absolute Gasteiger partial charge is 0.409 e. The first-order chi connectivity index (χ1) is 19.3. The second kappa shape index (κ2) is 13.8. The van der Waals surface area contributed by atoms with Crippen molar-refractivity contribution in [1.29, 1.82) is 0 Å². The number of nitrogens with one attached hydrogen (secondary N) is 3. The van der Waals surface area contributed by atoms with E-state index in [0.29, 0.717) is 26.2 Å². The molecule has 0 spiro atoms. The number of alkyl carbamates (subject to hydrolysis) is 1. The van der Waals surface area contributed by atoms with Crippen molar-refractivity contribution in [3.05, 3.63) is 71.3 Å². The highest BCUT2D eigenvalue weighted by Gasteiger charge is 2.38. The Morgan fingerprint density at radius 2 is 1.73 bits per heavy atom. The third-order valence-electron chi connectivity index (χ3n) is 7.91. The van der Waals surface area contributed by atoms with Crippen molar-refractivity contribution in [3.63, 3.8) is 0 Å². The molecular formula is C31H43N5O4. The van der Waals surface area contributed by atoms with Crippen molar-refractivity contribution >= 4 is 17.9 Å². The van der Waals surface area contributed by atoms with Gasteiger partial charge in [0.25, 0.3) is 0 Å². The molecule has 4 rings (SSSR count). The number of piperazine rings is 1. The van der Waals surface area contributed by atoms with E-state index in [1.807, 2.05) is 44.2 Å². The average Bonchev–Trinajstić information content (AvgIpc) is 2.95. The molecule has 1 aliphatic heterocycles. The monoisotopic (exact) mass is 549 g/mol. The van der Waals surface area contributed by atoms with Crippen molar-refractivity contribution in [3.8, 4) is 0 Å². The molecule has 2 aromatic carbocycles. The van der Waals surface area contributed by atoms with Crippen LogP contribution in [0.4, 0.5) is 4.79 Å². The Morgan fingerprint density at radius 1 is 1.00 bits per heavy atom. The van der Waals surface area contributed by atoms with Gasteiger partial charge in [0.15, 0.2) is 6.23 Å². The summed E-state index contributed by atoms with van der Waals surface area (Å²) in [6.07, 6.45) is 1.49. The van der Waals surface area contributed by atoms with E-state index in [1.165, 1.54) is 5.56 Å². The van der Waals surface area contributed by atoms with Crippen LogP contribution in [0.1, 0.15) is 56.3 Å². The lowest BCUT2D eigenvalue weighted by Gasteiger charge is -2.42. The fourth-order valence-corrected chi connectivity index (χ4v) is 5.45. The van der Waals surface area contributed by atoms with Crippen LogP contribution < -0.4 is 16.0 Å². The summed E-state index contributed by atoms with van der Waals surface area (Å²) >= 11 is 0. The fraction of sp³-hybridized carbons (Fsp3) is 0.516. The Labute approximate surface area is 237 Å². The molecule has 216 valence electrons. The molecular weight excluding hydrogens is 506 g/mol. The molecule has 1 fully saturated rings. The minimum Gasteiger partial charge on any atom is -0.424 e. The van der Waals surface area contributed by atoms with E-state index in [1.54, 1.807) is 18.9 Å². The van der Waals surface area contributed by atoms with Crippen molar-refractivity contribution in [2.24, 2.45) is 5.92 Å². The van der Waals surface area contributed by atoms with E-state index in [9.17, 15) is 14.4 Å². The third-order valence-corrected chi connectivity index (χ3v) is 7.91. The number of fused-ring (bicyclic) bond motifs is 1. The normalized spacial score (nSPS) is 20.8. The zero-order valence-electron chi connectivity index (χ0n) is 24.1. The predicted octanol–water partition coefficient (Wildman–Crippen LogP) is 3.21. The SMILES string of the molecule is CN[C@@H](C)C(=O)N[C@H](C(=O)N1CCN(Cc2ccccc2)C[C@@H]1OC(=O)NC1CCCc2ccccc21)C(C)C. The van der Waals surface area contributed by atoms with Crippen molar-refractivity contribution in [1.82, 2.24) is 25.8 Å². The van der Waals surface area contributed by atoms with Gasteiger partial charge in [-0.15, -0.1) is 0 Å². The molecule has 4 atom stereocenters. The lowest BCUT2D eigenvalue weighted by Crippen LogP contribution is -2.62. The van der Waals surface area contributed by atoms with Crippen LogP contribution >= 0.6 is 0 Å². The Morgan fingerprint density at radius 3 is 2.45 bits per heavy atom. The molecule has 1 saturated heterocycles. The fourth-order valence-electron chi connectivity index (χ4n) is 5.45. The molecule has 9 nitrogen and oxygen atoms in total. The van der Waals surface area contributed by atoms with Gasteiger partial charge in [0.05, 0.1) is 18.6 Å². The number of likely N-dealkylation sites (N-methyl/N-ethyl adjacent to an activating group) is 1. The molecule has 3 amide bonds. The number of hydrogen-bond acceptors (Lipinski definition) is 6. The number of ether oxygens (including phenoxy) is 1. The van der Waals surface area contributed by atoms with Crippen molar-refractivity contribution in [2.45, 2.75) is 70.9 Å². The summed E-state index contributed by atoms with van der Waals surface area (Å²) in [5, 5.41) is 8.88. The lowest BCUT2D eigenvalue weighted by molar-refractivity contribution is -0.153. The number of nitrogens with zero attached hydrogens (tertiary/aromatic N) is 2. The van der Waals surface area contributed by atoms with Crippen molar-refractivity contribution < 1.29 is 19.1 Å². The summed E-state index contributed by atoms with van der Waals surface area (Å²) in [5.74, 6) is -0.633. The highest BCUT2D eigenvalue weighted by atomic mass is 16.6. The molecule has 2 aliphatic rings. The van der Waals surface area contributed by atoms with Gasteiger partial charge in [-0.05, 0) is 55.8 Å². The highest BCUT2D eigenvalue weighted by molar-refractivity contribution is 5.90. The lowest BCUT2D eigenvalue weighted by atomic mass is 9.88. The van der Waals surface area contributed by atoms with Crippen LogP contribution in [0.15, 0.2) is 54.6 Å². The zero-order chi connectivity index (χ0) is 28.6. The topological polar surface area (TPSA) is 103 Å². The average molecular weight is 550 g/mol. The molecule has 3 N–H and O–H groups in total. The van der Waals surface area contributed by atoms with Gasteiger partial charge in [0.1, 0.15) is 6.04 Å². The molecule has 1 heterocycles. The molecule has 0 saturated carbocycles. The van der Waals surface area contributed by atoms with E-state index in [-0.39, 0.29) is 23.8 Å². The standard InChI is InChI=1S/C31H43N5O4/c1-21(2)28(34-29(37)22(3)32-4)30(38)36-18-17-35(19-23-11-6-5-7-12-23)20-27(36)40-31(39)33-26-16-10-14-24-13-8-9-15-25(24)26/h5-9,11-13,15,21-22,26-28,32H,10,14,16-20H2,1-4H3,(H,33,39)(H,34,37)/t22-,26?,27-,28-/m0/s1. The molecule has 1 unspecified atom stereocenters. The van der Waals surface area contributed by atoms with Crippen LogP contribution in [-0.2, 0) is 27.3 Å². The minimum atomic E-state index is -0.788. The number of amides is 3. The maximum absolute atomic E-state index is 13.9. The number of hydrogen-bond donors (Lipinski definition) is 3. The van der Waals surface area contributed by atoms with Gasteiger partial charge in [0.2, 0.25) is 11.8 Å². The van der Waals surface area contributed by atoms with Crippen LogP contribution in [-0.4, -0.2) is 72.7 Å². The van der Waals surface area contributed by atoms with Gasteiger partial charge >= 0.3 is 6.09 Å². The molecule has 0 aromatic heterocycles. The van der Waals surface area contributed by atoms with Crippen LogP contribution in [0.3, 0.4) is 0 Å². The second-order valence-corrected chi connectivity index (χ2v) is 11.1. The van der Waals surface area contributed by atoms with E-state index < -0.39 is 24.4 Å². The summed E-state index contributed by atoms with van der Waals surface area (Å²) in [6, 6.07) is 17.0. The molecule has 1 aliphatic carbocycles. The first-order valence-electron chi connectivity index (χ1n) is 14.4. The highest BCUT2D eigenvalue weighted by Crippen LogP contribution is 2.29. The largest absolute Gasteiger partial charge is 0.424 e. The summed E-state index contributed by atoms with van der Waals surface area (Å²) in [6.45, 7) is 7.63. The van der Waals surface area contributed by atoms with Crippen LogP contribution in [0.2, 0.25) is 0 Å². The number of benzene rings is 2. The molecule has 40 heavy (non-hydrogen) atoms. The first kappa shape index (κ1) is 29.6. The molecule has 0 radical (unpaired) electrons. The maximum atomic E-state index is 13.9. The number of carbonyl (C=O) groups is 3. The van der Waals surface area contributed by atoms with E-state index >= 15 is 0 Å². The summed E-state index contributed by atoms with van der Waals surface area (Å²) in [7, 11) is 1.70. The van der Waals surface area contributed by atoms with Crippen LogP contribution in [0.5, 0.6) is 0 Å². The van der Waals surface area contributed by atoms with Crippen LogP contribution in [0, 0.1) is 5.92 Å². The van der Waals surface area contributed by atoms with Gasteiger partial charge in [0, 0.05) is 19.6 Å². The molecule has 0 bridgehead atoms. The Bertz CT molecular complexity index is 1160. The number of aryl methyl sites for hydroxylation is 1. The Hall–Kier alpha value is -3.43. The number of carbonyl (C=O) groups excluding carboxylic acids is 3. The third kappa shape index (κ3) is 7.40. The molecule has 9 heteroatoms. The quantitative estimate of drug-likeness (QED) is 0.444. The van der Waals surface area contributed by atoms with Crippen molar-refractivity contribution in [2.75, 3.05) is 26.7 Å². The van der Waals surface area contributed by atoms with E-state index in [4.69, 9.17) is 4.74 Å². The van der Waals surface area contributed by atoms with E-state index in [2.05, 4.69) is 45.1 Å². The second-order valence-electron chi connectivity index (χ2n) is 11.1. The Balaban J connectivity index is 1.50. The maximum Gasteiger partial charge on any atom is 0.409 e. The van der Waals surface area contributed by atoms with Gasteiger partial charge < -0.3 is 25.6 Å². The summed E-state index contributed by atoms with van der Waals surface area (Å²) in [4.78, 5) is 43.6. The Kier molecular flexibility index (Phi) is 10.2. The van der Waals surface area contributed by atoms with E-state index in [0.717, 1.165) is 30.4 Å². The first-order valence-corrected chi connectivity index (χ1v) is 14.4. The van der Waals surface area contributed by atoms with Gasteiger partial charge in [-0.25, -0.2) is 4.79 Å². The van der Waals surface area contributed by atoms with Crippen LogP contribution in [0.25, 0.3) is 0 Å². The van der Waals surface area contributed by atoms with Gasteiger partial charge in [-0.3, -0.25) is 14.5 Å². The summed E-state index contributed by atoms with van der Waals surface area (Å²) in [5.41, 5.74) is 3.51. The number of rotatable bonds is 9. The summed E-state index contributed by atoms with van der Waals surface area (Å²) < 4.78 is 6.00. The predicted molar refractivity (Wildman–Crippen MR) is 154 cm³/mol.